The van der Waals surface area contributed by atoms with Gasteiger partial charge in [-0.2, -0.15) is 0 Å². The Morgan fingerprint density at radius 3 is 0.900 bits per heavy atom. The minimum absolute atomic E-state index is 0.874. The molecule has 0 radical (unpaired) electrons. The molecule has 0 saturated carbocycles. The molecule has 0 spiro atoms. The molecule has 0 saturated heterocycles. The van der Waals surface area contributed by atoms with Gasteiger partial charge in [0.05, 0.1) is 45.6 Å². The van der Waals surface area contributed by atoms with Crippen LogP contribution in [-0.4, -0.2) is 39.9 Å². The summed E-state index contributed by atoms with van der Waals surface area (Å²) in [5.41, 5.74) is 16.9. The van der Waals surface area contributed by atoms with Crippen LogP contribution >= 0.6 is 0 Å². The summed E-state index contributed by atoms with van der Waals surface area (Å²) in [7, 11) is 0. The van der Waals surface area contributed by atoms with Crippen molar-refractivity contribution in [3.63, 3.8) is 0 Å². The van der Waals surface area contributed by atoms with Crippen LogP contribution in [0.15, 0.2) is 84.9 Å². The molecule has 0 aromatic carbocycles. The zero-order valence-electron chi connectivity index (χ0n) is 26.6. The maximum absolute atomic E-state index is 4.87. The van der Waals surface area contributed by atoms with Crippen LogP contribution in [0.25, 0.3) is 105 Å². The molecule has 16 bridgehead atoms. The maximum Gasteiger partial charge on any atom is 0.0658 e. The first-order valence-electron chi connectivity index (χ1n) is 16.4. The second-order valence-electron chi connectivity index (χ2n) is 12.6. The van der Waals surface area contributed by atoms with Gasteiger partial charge in [0.1, 0.15) is 0 Å². The number of nitrogens with one attached hydrogen (secondary N) is 4. The van der Waals surface area contributed by atoms with Gasteiger partial charge in [-0.25, -0.2) is 19.9 Å². The summed E-state index contributed by atoms with van der Waals surface area (Å²) in [6.07, 6.45) is 20.6. The van der Waals surface area contributed by atoms with E-state index in [0.29, 0.717) is 0 Å². The molecule has 4 aliphatic heterocycles. The Kier molecular flexibility index (Phi) is 6.32. The van der Waals surface area contributed by atoms with Crippen LogP contribution < -0.4 is 0 Å². The number of nitrogens with zero attached hydrogens (tertiary/aromatic N) is 4. The van der Waals surface area contributed by atoms with Gasteiger partial charge in [0.2, 0.25) is 0 Å². The number of aromatic amines is 4. The number of aromatic nitrogens is 8. The van der Waals surface area contributed by atoms with Gasteiger partial charge in [0.25, 0.3) is 0 Å². The van der Waals surface area contributed by atoms with E-state index >= 15 is 0 Å². The first-order chi connectivity index (χ1) is 24.6. The zero-order valence-corrected chi connectivity index (χ0v) is 26.6. The standard InChI is InChI=1S/C42H28N8/c1(25-15-39-21-35-9-7-31(45-35)17-27-3-5-29(43-27)19-33-11-13-37(47-33)23-41(25)49-39)2-26-16-40-22-36-10-8-32(46-36)18-28-4-6-30(44-28)20-34-12-14-38(48-34)24-42(26)50-40/h1-24,43-44,49-50H/b2-1+,27-17?,28-18?,29-19?,30-20?,31-17?,32-18?,33-19?,34-20?,35-21?,36-22?,37-23?,38-24?,39-21?,40-22?,41-23?,42-24?. The average molecular weight is 645 g/mol. The van der Waals surface area contributed by atoms with E-state index in [1.165, 1.54) is 0 Å². The van der Waals surface area contributed by atoms with Crippen LogP contribution in [0.4, 0.5) is 0 Å². The predicted molar refractivity (Wildman–Crippen MR) is 207 cm³/mol. The molecule has 8 nitrogen and oxygen atoms in total. The van der Waals surface area contributed by atoms with Crippen LogP contribution in [0.2, 0.25) is 0 Å². The molecule has 6 aromatic rings. The molecule has 236 valence electrons. The molecule has 10 heterocycles. The first kappa shape index (κ1) is 28.0. The van der Waals surface area contributed by atoms with Gasteiger partial charge in [0.15, 0.2) is 0 Å². The summed E-state index contributed by atoms with van der Waals surface area (Å²) >= 11 is 0. The SMILES string of the molecule is C1=Cc2cc3cc(/C=C/c4cc5cc6nc(cc7ccc(cc8nc(cc4[nH]5)C=C8)[nH]7)C=C6)c(cc4nc(cc5ccc(cc1n2)[nH]5)C=C4)[nH]3. The molecular weight excluding hydrogens is 617 g/mol. The van der Waals surface area contributed by atoms with E-state index in [2.05, 4.69) is 92.8 Å². The molecular formula is C42H28N8. The topological polar surface area (TPSA) is 115 Å². The Bertz CT molecular complexity index is 2690. The van der Waals surface area contributed by atoms with Crippen molar-refractivity contribution in [1.82, 2.24) is 39.9 Å². The van der Waals surface area contributed by atoms with Crippen LogP contribution in [0.5, 0.6) is 0 Å². The van der Waals surface area contributed by atoms with Crippen LogP contribution in [0.3, 0.4) is 0 Å². The van der Waals surface area contributed by atoms with Crippen LogP contribution in [-0.2, 0) is 0 Å². The second kappa shape index (κ2) is 11.3. The van der Waals surface area contributed by atoms with E-state index in [-0.39, 0.29) is 0 Å². The van der Waals surface area contributed by atoms with Crippen molar-refractivity contribution in [2.24, 2.45) is 0 Å². The highest BCUT2D eigenvalue weighted by atomic mass is 14.8. The molecule has 50 heavy (non-hydrogen) atoms. The van der Waals surface area contributed by atoms with Crippen molar-refractivity contribution in [2.75, 3.05) is 0 Å². The lowest BCUT2D eigenvalue weighted by atomic mass is 10.1. The van der Waals surface area contributed by atoms with Crippen LogP contribution in [0, 0.1) is 0 Å². The molecule has 10 rings (SSSR count). The van der Waals surface area contributed by atoms with E-state index in [0.717, 1.165) is 101 Å². The lowest BCUT2D eigenvalue weighted by molar-refractivity contribution is 1.31. The van der Waals surface area contributed by atoms with E-state index < -0.39 is 0 Å². The molecule has 4 N–H and O–H groups in total. The molecule has 0 unspecified atom stereocenters. The van der Waals surface area contributed by atoms with Gasteiger partial charge in [-0.05, 0) is 134 Å². The lowest BCUT2D eigenvalue weighted by Gasteiger charge is -1.91. The minimum Gasteiger partial charge on any atom is -0.355 e. The van der Waals surface area contributed by atoms with E-state index in [1.54, 1.807) is 0 Å². The van der Waals surface area contributed by atoms with Crippen molar-refractivity contribution >= 4 is 105 Å². The quantitative estimate of drug-likeness (QED) is 0.150. The molecule has 4 aliphatic rings. The summed E-state index contributed by atoms with van der Waals surface area (Å²) in [6.45, 7) is 0. The fourth-order valence-corrected chi connectivity index (χ4v) is 6.54. The highest BCUT2D eigenvalue weighted by Crippen LogP contribution is 2.24. The van der Waals surface area contributed by atoms with Gasteiger partial charge >= 0.3 is 0 Å². The Balaban J connectivity index is 1.14. The van der Waals surface area contributed by atoms with Crippen molar-refractivity contribution in [3.8, 4) is 0 Å². The Hall–Kier alpha value is -7.06. The lowest BCUT2D eigenvalue weighted by Crippen LogP contribution is -1.76. The Labute approximate surface area is 285 Å². The third kappa shape index (κ3) is 5.61. The fraction of sp³-hybridized carbons (Fsp3) is 0. The summed E-state index contributed by atoms with van der Waals surface area (Å²) in [6, 6.07) is 29.0. The fourth-order valence-electron chi connectivity index (χ4n) is 6.54. The van der Waals surface area contributed by atoms with Crippen molar-refractivity contribution < 1.29 is 0 Å². The van der Waals surface area contributed by atoms with E-state index in [4.69, 9.17) is 19.9 Å². The number of rotatable bonds is 2. The third-order valence-electron chi connectivity index (χ3n) is 8.84. The summed E-state index contributed by atoms with van der Waals surface area (Å²) < 4.78 is 0. The average Bonchev–Trinajstić information content (AvgIpc) is 3.94. The molecule has 0 fully saturated rings. The zero-order chi connectivity index (χ0) is 33.0. The highest BCUT2D eigenvalue weighted by molar-refractivity contribution is 5.89. The molecule has 0 amide bonds. The second-order valence-corrected chi connectivity index (χ2v) is 12.6. The monoisotopic (exact) mass is 644 g/mol. The van der Waals surface area contributed by atoms with Crippen molar-refractivity contribution in [1.29, 1.82) is 0 Å². The maximum atomic E-state index is 4.87. The Morgan fingerprint density at radius 2 is 0.580 bits per heavy atom. The molecule has 0 aliphatic carbocycles. The van der Waals surface area contributed by atoms with Crippen molar-refractivity contribution in [3.05, 3.63) is 142 Å². The Morgan fingerprint density at radius 1 is 0.300 bits per heavy atom. The van der Waals surface area contributed by atoms with E-state index in [1.807, 2.05) is 72.9 Å². The smallest absolute Gasteiger partial charge is 0.0658 e. The number of H-pyrrole nitrogens is 4. The highest BCUT2D eigenvalue weighted by Gasteiger charge is 2.07. The molecule has 6 aromatic heterocycles. The van der Waals surface area contributed by atoms with Gasteiger partial charge in [-0.3, -0.25) is 0 Å². The molecule has 8 heteroatoms. The summed E-state index contributed by atoms with van der Waals surface area (Å²) in [5.74, 6) is 0. The largest absolute Gasteiger partial charge is 0.355 e. The van der Waals surface area contributed by atoms with E-state index in [9.17, 15) is 0 Å². The summed E-state index contributed by atoms with van der Waals surface area (Å²) in [4.78, 5) is 33.5. The van der Waals surface area contributed by atoms with Gasteiger partial charge in [0, 0.05) is 55.3 Å². The number of hydrogen-bond acceptors (Lipinski definition) is 4. The number of fused-ring (bicyclic) bond motifs is 16. The first-order valence-corrected chi connectivity index (χ1v) is 16.4. The minimum atomic E-state index is 0.874. The van der Waals surface area contributed by atoms with Gasteiger partial charge < -0.3 is 19.9 Å². The third-order valence-corrected chi connectivity index (χ3v) is 8.84. The normalized spacial score (nSPS) is 13.2. The van der Waals surface area contributed by atoms with Crippen molar-refractivity contribution in [2.45, 2.75) is 0 Å². The predicted octanol–water partition coefficient (Wildman–Crippen LogP) is 9.79. The van der Waals surface area contributed by atoms with Crippen LogP contribution in [0.1, 0.15) is 56.7 Å². The summed E-state index contributed by atoms with van der Waals surface area (Å²) in [5, 5.41) is 0. The van der Waals surface area contributed by atoms with Gasteiger partial charge in [-0.15, -0.1) is 0 Å². The number of hydrogen-bond donors (Lipinski definition) is 4. The molecule has 0 atom stereocenters. The van der Waals surface area contributed by atoms with Gasteiger partial charge in [-0.1, -0.05) is 12.2 Å².